The number of ketones is 1. The van der Waals surface area contributed by atoms with E-state index in [2.05, 4.69) is 21.0 Å². The Hall–Kier alpha value is -1.45. The number of ether oxygens (including phenoxy) is 2. The SMILES string of the molecule is CN(C)CCn1ncc(Br)c1C(=O)C1COCCN1C(=O)OC(C)(C)C. The van der Waals surface area contributed by atoms with Crippen LogP contribution in [0.1, 0.15) is 31.3 Å². The molecule has 0 bridgehead atoms. The molecule has 0 saturated carbocycles. The Morgan fingerprint density at radius 1 is 1.42 bits per heavy atom. The Labute approximate surface area is 162 Å². The Balaban J connectivity index is 2.23. The van der Waals surface area contributed by atoms with Crippen molar-refractivity contribution in [3.63, 3.8) is 0 Å². The zero-order valence-corrected chi connectivity index (χ0v) is 17.6. The molecular weight excluding hydrogens is 404 g/mol. The molecule has 2 heterocycles. The number of carbonyl (C=O) groups is 2. The van der Waals surface area contributed by atoms with Gasteiger partial charge in [-0.05, 0) is 50.8 Å². The molecule has 0 radical (unpaired) electrons. The van der Waals surface area contributed by atoms with Crippen LogP contribution in [-0.2, 0) is 16.0 Å². The number of Topliss-reactive ketones (excluding diaryl/α,β-unsaturated/α-hetero) is 1. The van der Waals surface area contributed by atoms with Gasteiger partial charge in [0.05, 0.1) is 30.4 Å². The Morgan fingerprint density at radius 2 is 2.12 bits per heavy atom. The summed E-state index contributed by atoms with van der Waals surface area (Å²) < 4.78 is 13.2. The molecule has 1 unspecified atom stereocenters. The van der Waals surface area contributed by atoms with E-state index < -0.39 is 17.7 Å². The smallest absolute Gasteiger partial charge is 0.411 e. The molecule has 26 heavy (non-hydrogen) atoms. The lowest BCUT2D eigenvalue weighted by Crippen LogP contribution is -2.54. The molecule has 0 spiro atoms. The largest absolute Gasteiger partial charge is 0.444 e. The van der Waals surface area contributed by atoms with E-state index in [1.54, 1.807) is 31.6 Å². The molecule has 1 aliphatic rings. The summed E-state index contributed by atoms with van der Waals surface area (Å²) >= 11 is 3.40. The number of rotatable bonds is 5. The summed E-state index contributed by atoms with van der Waals surface area (Å²) in [6.07, 6.45) is 1.10. The van der Waals surface area contributed by atoms with Crippen molar-refractivity contribution >= 4 is 27.8 Å². The van der Waals surface area contributed by atoms with Crippen LogP contribution < -0.4 is 0 Å². The molecule has 1 fully saturated rings. The number of halogens is 1. The van der Waals surface area contributed by atoms with Crippen molar-refractivity contribution in [1.82, 2.24) is 19.6 Å². The highest BCUT2D eigenvalue weighted by atomic mass is 79.9. The first-order chi connectivity index (χ1) is 12.1. The maximum Gasteiger partial charge on any atom is 0.411 e. The summed E-state index contributed by atoms with van der Waals surface area (Å²) in [7, 11) is 3.92. The third-order valence-electron chi connectivity index (χ3n) is 3.85. The van der Waals surface area contributed by atoms with E-state index in [1.165, 1.54) is 4.90 Å². The number of amides is 1. The minimum atomic E-state index is -0.732. The van der Waals surface area contributed by atoms with Gasteiger partial charge in [0.15, 0.2) is 0 Å². The van der Waals surface area contributed by atoms with Crippen LogP contribution in [0.4, 0.5) is 4.79 Å². The molecule has 1 saturated heterocycles. The van der Waals surface area contributed by atoms with Gasteiger partial charge >= 0.3 is 6.09 Å². The van der Waals surface area contributed by atoms with Crippen LogP contribution in [0, 0.1) is 0 Å². The molecule has 8 nitrogen and oxygen atoms in total. The summed E-state index contributed by atoms with van der Waals surface area (Å²) in [6, 6.07) is -0.732. The Morgan fingerprint density at radius 3 is 2.73 bits per heavy atom. The quantitative estimate of drug-likeness (QED) is 0.665. The second-order valence-corrected chi connectivity index (χ2v) is 8.35. The van der Waals surface area contributed by atoms with Gasteiger partial charge in [0.25, 0.3) is 0 Å². The lowest BCUT2D eigenvalue weighted by molar-refractivity contribution is -0.0268. The van der Waals surface area contributed by atoms with Gasteiger partial charge in [0.2, 0.25) is 5.78 Å². The van der Waals surface area contributed by atoms with E-state index in [9.17, 15) is 9.59 Å². The van der Waals surface area contributed by atoms with Gasteiger partial charge in [-0.15, -0.1) is 0 Å². The van der Waals surface area contributed by atoms with E-state index in [-0.39, 0.29) is 12.4 Å². The monoisotopic (exact) mass is 430 g/mol. The van der Waals surface area contributed by atoms with Crippen molar-refractivity contribution in [2.24, 2.45) is 0 Å². The first-order valence-corrected chi connectivity index (χ1v) is 9.37. The molecule has 0 N–H and O–H groups in total. The number of aromatic nitrogens is 2. The maximum atomic E-state index is 13.2. The number of morpholine rings is 1. The first kappa shape index (κ1) is 20.9. The summed E-state index contributed by atoms with van der Waals surface area (Å²) in [4.78, 5) is 29.2. The Bertz CT molecular complexity index is 654. The van der Waals surface area contributed by atoms with Crippen LogP contribution in [0.2, 0.25) is 0 Å². The number of hydrogen-bond acceptors (Lipinski definition) is 6. The van der Waals surface area contributed by atoms with Gasteiger partial charge in [-0.1, -0.05) is 0 Å². The van der Waals surface area contributed by atoms with Crippen LogP contribution >= 0.6 is 15.9 Å². The highest BCUT2D eigenvalue weighted by Crippen LogP contribution is 2.22. The van der Waals surface area contributed by atoms with Gasteiger partial charge in [0, 0.05) is 13.1 Å². The third-order valence-corrected chi connectivity index (χ3v) is 4.43. The molecule has 0 aliphatic carbocycles. The van der Waals surface area contributed by atoms with Gasteiger partial charge in [-0.3, -0.25) is 14.4 Å². The minimum absolute atomic E-state index is 0.142. The molecule has 0 aromatic carbocycles. The van der Waals surface area contributed by atoms with E-state index in [1.807, 2.05) is 19.0 Å². The van der Waals surface area contributed by atoms with E-state index in [4.69, 9.17) is 9.47 Å². The van der Waals surface area contributed by atoms with E-state index in [0.717, 1.165) is 6.54 Å². The molecule has 1 aromatic rings. The predicted octanol–water partition coefficient (Wildman–Crippen LogP) is 2.03. The van der Waals surface area contributed by atoms with Crippen molar-refractivity contribution in [2.75, 3.05) is 40.4 Å². The van der Waals surface area contributed by atoms with Gasteiger partial charge in [-0.25, -0.2) is 4.79 Å². The van der Waals surface area contributed by atoms with Gasteiger partial charge in [-0.2, -0.15) is 5.10 Å². The molecule has 1 aromatic heterocycles. The fourth-order valence-electron chi connectivity index (χ4n) is 2.59. The summed E-state index contributed by atoms with van der Waals surface area (Å²) in [5.41, 5.74) is -0.187. The van der Waals surface area contributed by atoms with Crippen LogP contribution in [0.15, 0.2) is 10.7 Å². The van der Waals surface area contributed by atoms with Crippen LogP contribution in [0.3, 0.4) is 0 Å². The summed E-state index contributed by atoms with van der Waals surface area (Å²) in [5.74, 6) is -0.210. The van der Waals surface area contributed by atoms with Gasteiger partial charge in [0.1, 0.15) is 17.3 Å². The van der Waals surface area contributed by atoms with Gasteiger partial charge < -0.3 is 14.4 Å². The lowest BCUT2D eigenvalue weighted by atomic mass is 10.1. The number of nitrogens with zero attached hydrogens (tertiary/aromatic N) is 4. The number of carbonyl (C=O) groups excluding carboxylic acids is 2. The van der Waals surface area contributed by atoms with E-state index >= 15 is 0 Å². The highest BCUT2D eigenvalue weighted by Gasteiger charge is 2.37. The topological polar surface area (TPSA) is 76.9 Å². The fraction of sp³-hybridized carbons (Fsp3) is 0.706. The molecular formula is C17H27BrN4O4. The van der Waals surface area contributed by atoms with Crippen LogP contribution in [0.25, 0.3) is 0 Å². The Kier molecular flexibility index (Phi) is 6.81. The average molecular weight is 431 g/mol. The van der Waals surface area contributed by atoms with Crippen molar-refractivity contribution in [1.29, 1.82) is 0 Å². The molecule has 9 heteroatoms. The predicted molar refractivity (Wildman–Crippen MR) is 100 cm³/mol. The van der Waals surface area contributed by atoms with Crippen molar-refractivity contribution in [3.05, 3.63) is 16.4 Å². The third kappa shape index (κ3) is 5.28. The molecule has 1 atom stereocenters. The summed E-state index contributed by atoms with van der Waals surface area (Å²) in [5, 5.41) is 4.28. The average Bonchev–Trinajstić information content (AvgIpc) is 2.91. The van der Waals surface area contributed by atoms with Crippen LogP contribution in [-0.4, -0.2) is 83.5 Å². The van der Waals surface area contributed by atoms with Crippen molar-refractivity contribution < 1.29 is 19.1 Å². The maximum absolute atomic E-state index is 13.2. The number of likely N-dealkylation sites (N-methyl/N-ethyl adjacent to an activating group) is 1. The minimum Gasteiger partial charge on any atom is -0.444 e. The van der Waals surface area contributed by atoms with E-state index in [0.29, 0.717) is 29.9 Å². The normalized spacial score (nSPS) is 18.3. The molecule has 1 aliphatic heterocycles. The second-order valence-electron chi connectivity index (χ2n) is 7.50. The zero-order valence-electron chi connectivity index (χ0n) is 16.0. The van der Waals surface area contributed by atoms with Crippen LogP contribution in [0.5, 0.6) is 0 Å². The van der Waals surface area contributed by atoms with Crippen molar-refractivity contribution in [2.45, 2.75) is 39.0 Å². The first-order valence-electron chi connectivity index (χ1n) is 8.58. The zero-order chi connectivity index (χ0) is 19.5. The summed E-state index contributed by atoms with van der Waals surface area (Å²) in [6.45, 7) is 7.55. The van der Waals surface area contributed by atoms with Crippen molar-refractivity contribution in [3.8, 4) is 0 Å². The highest BCUT2D eigenvalue weighted by molar-refractivity contribution is 9.10. The fourth-order valence-corrected chi connectivity index (χ4v) is 3.08. The molecule has 1 amide bonds. The molecule has 146 valence electrons. The lowest BCUT2D eigenvalue weighted by Gasteiger charge is -2.35. The number of hydrogen-bond donors (Lipinski definition) is 0. The molecule has 2 rings (SSSR count). The standard InChI is InChI=1S/C17H27BrN4O4/c1-17(2,3)26-16(24)21-8-9-25-11-13(21)15(23)14-12(18)10-19-22(14)7-6-20(4)5/h10,13H,6-9,11H2,1-5H3. The second kappa shape index (κ2) is 8.49.